The highest BCUT2D eigenvalue weighted by molar-refractivity contribution is 5.89. The molecular formula is C25H31N3O6. The number of carboxylic acid groups (broad SMARTS) is 1. The molecule has 182 valence electrons. The molecule has 3 rings (SSSR count). The molecule has 2 aromatic rings. The molecule has 1 atom stereocenters. The van der Waals surface area contributed by atoms with Crippen LogP contribution in [0.25, 0.3) is 11.1 Å². The van der Waals surface area contributed by atoms with Crippen LogP contribution < -0.4 is 10.6 Å². The SMILES string of the molecule is CN(C)CCOCCNC(=O)C(CC(=O)O)NC(=O)OCC1c2ccccc2-c2ccccc21. The number of nitrogens with one attached hydrogen (secondary N) is 2. The maximum absolute atomic E-state index is 12.5. The lowest BCUT2D eigenvalue weighted by Crippen LogP contribution is -2.48. The largest absolute Gasteiger partial charge is 0.481 e. The minimum atomic E-state index is -1.25. The molecule has 0 heterocycles. The average molecular weight is 470 g/mol. The Bertz CT molecular complexity index is 964. The summed E-state index contributed by atoms with van der Waals surface area (Å²) in [4.78, 5) is 38.1. The molecule has 9 nitrogen and oxygen atoms in total. The molecule has 1 aliphatic rings. The summed E-state index contributed by atoms with van der Waals surface area (Å²) < 4.78 is 10.8. The van der Waals surface area contributed by atoms with Gasteiger partial charge in [0.1, 0.15) is 12.6 Å². The normalized spacial score (nSPS) is 13.1. The fourth-order valence-corrected chi connectivity index (χ4v) is 3.89. The second kappa shape index (κ2) is 12.2. The molecule has 2 aromatic carbocycles. The predicted molar refractivity (Wildman–Crippen MR) is 127 cm³/mol. The fourth-order valence-electron chi connectivity index (χ4n) is 3.89. The van der Waals surface area contributed by atoms with E-state index in [1.165, 1.54) is 0 Å². The van der Waals surface area contributed by atoms with Crippen LogP contribution in [-0.2, 0) is 19.1 Å². The minimum Gasteiger partial charge on any atom is -0.481 e. The van der Waals surface area contributed by atoms with Crippen LogP contribution in [0.1, 0.15) is 23.5 Å². The number of alkyl carbamates (subject to hydrolysis) is 1. The zero-order valence-corrected chi connectivity index (χ0v) is 19.5. The summed E-state index contributed by atoms with van der Waals surface area (Å²) in [5, 5.41) is 14.1. The van der Waals surface area contributed by atoms with Gasteiger partial charge in [0.15, 0.2) is 0 Å². The van der Waals surface area contributed by atoms with Crippen molar-refractivity contribution in [2.24, 2.45) is 0 Å². The lowest BCUT2D eigenvalue weighted by molar-refractivity contribution is -0.139. The van der Waals surface area contributed by atoms with Crippen molar-refractivity contribution in [2.45, 2.75) is 18.4 Å². The fraction of sp³-hybridized carbons (Fsp3) is 0.400. The zero-order chi connectivity index (χ0) is 24.5. The van der Waals surface area contributed by atoms with Gasteiger partial charge in [-0.2, -0.15) is 0 Å². The van der Waals surface area contributed by atoms with Gasteiger partial charge >= 0.3 is 12.1 Å². The van der Waals surface area contributed by atoms with Gasteiger partial charge in [-0.15, -0.1) is 0 Å². The van der Waals surface area contributed by atoms with Crippen LogP contribution in [0.4, 0.5) is 4.79 Å². The predicted octanol–water partition coefficient (Wildman–Crippen LogP) is 2.06. The molecule has 0 aromatic heterocycles. The number of aliphatic carboxylic acids is 1. The number of hydrogen-bond donors (Lipinski definition) is 3. The van der Waals surface area contributed by atoms with Gasteiger partial charge in [0.25, 0.3) is 0 Å². The molecule has 0 spiro atoms. The van der Waals surface area contributed by atoms with Crippen molar-refractivity contribution >= 4 is 18.0 Å². The first-order chi connectivity index (χ1) is 16.4. The van der Waals surface area contributed by atoms with E-state index in [2.05, 4.69) is 10.6 Å². The lowest BCUT2D eigenvalue weighted by Gasteiger charge is -2.19. The number of benzene rings is 2. The maximum Gasteiger partial charge on any atom is 0.407 e. The highest BCUT2D eigenvalue weighted by atomic mass is 16.5. The summed E-state index contributed by atoms with van der Waals surface area (Å²) in [5.41, 5.74) is 4.32. The number of ether oxygens (including phenoxy) is 2. The van der Waals surface area contributed by atoms with Gasteiger partial charge < -0.3 is 30.1 Å². The van der Waals surface area contributed by atoms with Gasteiger partial charge in [-0.25, -0.2) is 4.79 Å². The molecule has 0 bridgehead atoms. The summed E-state index contributed by atoms with van der Waals surface area (Å²) in [6, 6.07) is 14.6. The minimum absolute atomic E-state index is 0.0704. The van der Waals surface area contributed by atoms with Crippen molar-refractivity contribution in [3.05, 3.63) is 59.7 Å². The van der Waals surface area contributed by atoms with E-state index in [0.29, 0.717) is 6.61 Å². The summed E-state index contributed by atoms with van der Waals surface area (Å²) in [6.45, 7) is 1.82. The summed E-state index contributed by atoms with van der Waals surface area (Å²) >= 11 is 0. The van der Waals surface area contributed by atoms with Crippen molar-refractivity contribution in [1.82, 2.24) is 15.5 Å². The first-order valence-corrected chi connectivity index (χ1v) is 11.2. The number of carbonyl (C=O) groups excluding carboxylic acids is 2. The number of carboxylic acids is 1. The number of nitrogens with zero attached hydrogens (tertiary/aromatic N) is 1. The second-order valence-electron chi connectivity index (χ2n) is 8.33. The number of likely N-dealkylation sites (N-methyl/N-ethyl adjacent to an activating group) is 1. The van der Waals surface area contributed by atoms with E-state index in [9.17, 15) is 14.4 Å². The summed E-state index contributed by atoms with van der Waals surface area (Å²) in [7, 11) is 3.85. The summed E-state index contributed by atoms with van der Waals surface area (Å²) in [6.07, 6.45) is -1.40. The zero-order valence-electron chi connectivity index (χ0n) is 19.5. The Morgan fingerprint density at radius 1 is 1.00 bits per heavy atom. The third-order valence-electron chi connectivity index (χ3n) is 5.56. The smallest absolute Gasteiger partial charge is 0.407 e. The van der Waals surface area contributed by atoms with Gasteiger partial charge in [0, 0.05) is 19.0 Å². The lowest BCUT2D eigenvalue weighted by atomic mass is 9.98. The van der Waals surface area contributed by atoms with Crippen LogP contribution in [0.3, 0.4) is 0 Å². The molecule has 0 radical (unpaired) electrons. The van der Waals surface area contributed by atoms with Crippen LogP contribution in [-0.4, -0.2) is 81.0 Å². The number of carbonyl (C=O) groups is 3. The number of rotatable bonds is 12. The average Bonchev–Trinajstić information content (AvgIpc) is 3.12. The molecular weight excluding hydrogens is 438 g/mol. The van der Waals surface area contributed by atoms with E-state index in [1.54, 1.807) is 0 Å². The van der Waals surface area contributed by atoms with E-state index in [4.69, 9.17) is 14.6 Å². The maximum atomic E-state index is 12.5. The Kier molecular flexibility index (Phi) is 9.00. The number of hydrogen-bond acceptors (Lipinski definition) is 6. The van der Waals surface area contributed by atoms with Crippen molar-refractivity contribution in [3.63, 3.8) is 0 Å². The van der Waals surface area contributed by atoms with Gasteiger partial charge in [-0.05, 0) is 36.3 Å². The Labute approximate surface area is 199 Å². The first-order valence-electron chi connectivity index (χ1n) is 11.2. The van der Waals surface area contributed by atoms with Gasteiger partial charge in [-0.1, -0.05) is 48.5 Å². The highest BCUT2D eigenvalue weighted by Crippen LogP contribution is 2.44. The van der Waals surface area contributed by atoms with Crippen molar-refractivity contribution in [1.29, 1.82) is 0 Å². The molecule has 3 N–H and O–H groups in total. The van der Waals surface area contributed by atoms with Crippen LogP contribution in [0, 0.1) is 0 Å². The number of amides is 2. The molecule has 2 amide bonds. The van der Waals surface area contributed by atoms with Gasteiger partial charge in [-0.3, -0.25) is 9.59 Å². The second-order valence-corrected chi connectivity index (χ2v) is 8.33. The van der Waals surface area contributed by atoms with Crippen LogP contribution in [0.2, 0.25) is 0 Å². The van der Waals surface area contributed by atoms with Crippen LogP contribution in [0.5, 0.6) is 0 Å². The van der Waals surface area contributed by atoms with Crippen LogP contribution in [0.15, 0.2) is 48.5 Å². The Hall–Kier alpha value is -3.43. The van der Waals surface area contributed by atoms with Crippen molar-refractivity contribution in [3.8, 4) is 11.1 Å². The number of fused-ring (bicyclic) bond motifs is 3. The first kappa shape index (κ1) is 25.2. The molecule has 9 heteroatoms. The quantitative estimate of drug-likeness (QED) is 0.407. The third kappa shape index (κ3) is 6.79. The Morgan fingerprint density at radius 3 is 2.21 bits per heavy atom. The molecule has 1 unspecified atom stereocenters. The van der Waals surface area contributed by atoms with E-state index >= 15 is 0 Å². The standard InChI is InChI=1S/C25H31N3O6/c1-28(2)12-14-33-13-11-26-24(31)22(15-23(29)30)27-25(32)34-16-21-19-9-5-3-7-17(19)18-8-4-6-10-20(18)21/h3-10,21-22H,11-16H2,1-2H3,(H,26,31)(H,27,32)(H,29,30). The highest BCUT2D eigenvalue weighted by Gasteiger charge is 2.30. The van der Waals surface area contributed by atoms with E-state index in [-0.39, 0.29) is 25.7 Å². The molecule has 0 aliphatic heterocycles. The van der Waals surface area contributed by atoms with Gasteiger partial charge in [0.2, 0.25) is 5.91 Å². The Balaban J connectivity index is 1.53. The van der Waals surface area contributed by atoms with Crippen molar-refractivity contribution < 1.29 is 29.0 Å². The van der Waals surface area contributed by atoms with Gasteiger partial charge in [0.05, 0.1) is 19.6 Å². The molecule has 34 heavy (non-hydrogen) atoms. The molecule has 0 saturated heterocycles. The monoisotopic (exact) mass is 469 g/mol. The van der Waals surface area contributed by atoms with E-state index in [0.717, 1.165) is 28.8 Å². The van der Waals surface area contributed by atoms with E-state index in [1.807, 2.05) is 67.5 Å². The van der Waals surface area contributed by atoms with Crippen LogP contribution >= 0.6 is 0 Å². The third-order valence-corrected chi connectivity index (χ3v) is 5.56. The molecule has 0 fully saturated rings. The summed E-state index contributed by atoms with van der Waals surface area (Å²) in [5.74, 6) is -1.95. The molecule has 0 saturated carbocycles. The topological polar surface area (TPSA) is 117 Å². The molecule has 1 aliphatic carbocycles. The van der Waals surface area contributed by atoms with E-state index < -0.39 is 30.4 Å². The Morgan fingerprint density at radius 2 is 1.62 bits per heavy atom. The van der Waals surface area contributed by atoms with Crippen molar-refractivity contribution in [2.75, 3.05) is 47.0 Å².